The van der Waals surface area contributed by atoms with Crippen LogP contribution < -0.4 is 4.74 Å². The lowest BCUT2D eigenvalue weighted by atomic mass is 10.2. The number of ether oxygens (including phenoxy) is 2. The van der Waals surface area contributed by atoms with Crippen molar-refractivity contribution in [3.05, 3.63) is 28.2 Å². The molecule has 0 unspecified atom stereocenters. The van der Waals surface area contributed by atoms with E-state index < -0.39 is 0 Å². The topological polar surface area (TPSA) is 18.5 Å². The maximum Gasteiger partial charge on any atom is 0.123 e. The zero-order valence-corrected chi connectivity index (χ0v) is 9.43. The fraction of sp³-hybridized carbons (Fsp3) is 0.400. The Labute approximate surface area is 87.0 Å². The monoisotopic (exact) mass is 244 g/mol. The maximum atomic E-state index is 5.50. The summed E-state index contributed by atoms with van der Waals surface area (Å²) in [6.45, 7) is 3.23. The maximum absolute atomic E-state index is 5.50. The summed E-state index contributed by atoms with van der Waals surface area (Å²) in [4.78, 5) is 0. The lowest BCUT2D eigenvalue weighted by Gasteiger charge is -2.09. The van der Waals surface area contributed by atoms with E-state index in [0.29, 0.717) is 13.2 Å². The molecule has 3 heteroatoms. The quantitative estimate of drug-likeness (QED) is 0.759. The van der Waals surface area contributed by atoms with Gasteiger partial charge in [-0.1, -0.05) is 22.0 Å². The van der Waals surface area contributed by atoms with Gasteiger partial charge in [-0.2, -0.15) is 0 Å². The van der Waals surface area contributed by atoms with Gasteiger partial charge in [-0.15, -0.1) is 0 Å². The Morgan fingerprint density at radius 2 is 2.08 bits per heavy atom. The lowest BCUT2D eigenvalue weighted by Crippen LogP contribution is -2.05. The van der Waals surface area contributed by atoms with Gasteiger partial charge >= 0.3 is 0 Å². The Morgan fingerprint density at radius 3 is 2.77 bits per heavy atom. The van der Waals surface area contributed by atoms with Crippen LogP contribution in [0.2, 0.25) is 0 Å². The largest absolute Gasteiger partial charge is 0.491 e. The van der Waals surface area contributed by atoms with Gasteiger partial charge in [-0.05, 0) is 19.1 Å². The van der Waals surface area contributed by atoms with Crippen molar-refractivity contribution in [3.63, 3.8) is 0 Å². The van der Waals surface area contributed by atoms with Crippen molar-refractivity contribution in [2.45, 2.75) is 6.92 Å². The molecule has 72 valence electrons. The molecule has 0 heterocycles. The van der Waals surface area contributed by atoms with Crippen LogP contribution in [0.15, 0.2) is 22.7 Å². The van der Waals surface area contributed by atoms with Crippen molar-refractivity contribution in [2.24, 2.45) is 0 Å². The molecule has 1 rings (SSSR count). The van der Waals surface area contributed by atoms with E-state index in [2.05, 4.69) is 15.9 Å². The Kier molecular flexibility index (Phi) is 4.25. The second-order valence-electron chi connectivity index (χ2n) is 2.70. The van der Waals surface area contributed by atoms with E-state index >= 15 is 0 Å². The summed E-state index contributed by atoms with van der Waals surface area (Å²) in [5, 5.41) is 0. The van der Waals surface area contributed by atoms with Crippen LogP contribution in [0, 0.1) is 6.92 Å². The van der Waals surface area contributed by atoms with Crippen LogP contribution in [-0.4, -0.2) is 20.3 Å². The van der Waals surface area contributed by atoms with Crippen molar-refractivity contribution in [2.75, 3.05) is 20.3 Å². The zero-order valence-electron chi connectivity index (χ0n) is 7.84. The van der Waals surface area contributed by atoms with E-state index in [4.69, 9.17) is 9.47 Å². The van der Waals surface area contributed by atoms with Gasteiger partial charge in [0.2, 0.25) is 0 Å². The summed E-state index contributed by atoms with van der Waals surface area (Å²) in [6.07, 6.45) is 0. The second-order valence-corrected chi connectivity index (χ2v) is 3.56. The third-order valence-corrected chi connectivity index (χ3v) is 2.62. The van der Waals surface area contributed by atoms with Crippen LogP contribution in [0.25, 0.3) is 0 Å². The van der Waals surface area contributed by atoms with Crippen LogP contribution in [0.5, 0.6) is 5.75 Å². The van der Waals surface area contributed by atoms with Crippen molar-refractivity contribution in [1.82, 2.24) is 0 Å². The summed E-state index contributed by atoms with van der Waals surface area (Å²) in [5.74, 6) is 0.909. The van der Waals surface area contributed by atoms with Gasteiger partial charge in [-0.3, -0.25) is 0 Å². The molecular formula is C10H13BrO2. The van der Waals surface area contributed by atoms with Gasteiger partial charge in [-0.25, -0.2) is 0 Å². The summed E-state index contributed by atoms with van der Waals surface area (Å²) in [7, 11) is 1.66. The highest BCUT2D eigenvalue weighted by molar-refractivity contribution is 9.10. The molecule has 0 aliphatic rings. The molecule has 0 amide bonds. The Morgan fingerprint density at radius 1 is 1.31 bits per heavy atom. The van der Waals surface area contributed by atoms with Crippen LogP contribution >= 0.6 is 15.9 Å². The highest BCUT2D eigenvalue weighted by Crippen LogP contribution is 2.25. The van der Waals surface area contributed by atoms with Crippen molar-refractivity contribution in [3.8, 4) is 5.75 Å². The van der Waals surface area contributed by atoms with Crippen molar-refractivity contribution < 1.29 is 9.47 Å². The van der Waals surface area contributed by atoms with Crippen molar-refractivity contribution in [1.29, 1.82) is 0 Å². The Balaban J connectivity index is 2.61. The molecule has 0 spiro atoms. The van der Waals surface area contributed by atoms with E-state index in [0.717, 1.165) is 15.8 Å². The number of hydrogen-bond donors (Lipinski definition) is 0. The summed E-state index contributed by atoms with van der Waals surface area (Å²) < 4.78 is 11.5. The molecule has 0 aromatic heterocycles. The Hall–Kier alpha value is -0.540. The van der Waals surface area contributed by atoms with E-state index in [1.165, 1.54) is 0 Å². The first-order valence-electron chi connectivity index (χ1n) is 4.12. The molecule has 13 heavy (non-hydrogen) atoms. The van der Waals surface area contributed by atoms with Gasteiger partial charge in [0.05, 0.1) is 6.61 Å². The van der Waals surface area contributed by atoms with Gasteiger partial charge < -0.3 is 9.47 Å². The van der Waals surface area contributed by atoms with E-state index in [9.17, 15) is 0 Å². The molecule has 0 N–H and O–H groups in total. The zero-order chi connectivity index (χ0) is 9.68. The van der Waals surface area contributed by atoms with Gasteiger partial charge in [0.1, 0.15) is 12.4 Å². The number of benzene rings is 1. The highest BCUT2D eigenvalue weighted by atomic mass is 79.9. The molecule has 0 bridgehead atoms. The molecule has 0 aliphatic heterocycles. The average Bonchev–Trinajstić information content (AvgIpc) is 2.13. The molecule has 1 aromatic rings. The predicted octanol–water partition coefficient (Wildman–Crippen LogP) is 2.78. The number of halogens is 1. The highest BCUT2D eigenvalue weighted by Gasteiger charge is 2.01. The average molecular weight is 245 g/mol. The third kappa shape index (κ3) is 3.01. The minimum Gasteiger partial charge on any atom is -0.491 e. The smallest absolute Gasteiger partial charge is 0.123 e. The molecule has 1 aromatic carbocycles. The minimum atomic E-state index is 0.591. The van der Waals surface area contributed by atoms with Crippen LogP contribution in [-0.2, 0) is 4.74 Å². The molecule has 0 saturated carbocycles. The van der Waals surface area contributed by atoms with E-state index in [1.807, 2.05) is 25.1 Å². The molecule has 0 fully saturated rings. The Bertz CT molecular complexity index is 274. The van der Waals surface area contributed by atoms with Gasteiger partial charge in [0, 0.05) is 17.1 Å². The standard InChI is InChI=1S/C10H13BrO2/c1-8-9(11)4-3-5-10(8)13-7-6-12-2/h3-5H,6-7H2,1-2H3. The second kappa shape index (κ2) is 5.25. The van der Waals surface area contributed by atoms with Crippen molar-refractivity contribution >= 4 is 15.9 Å². The van der Waals surface area contributed by atoms with E-state index in [-0.39, 0.29) is 0 Å². The van der Waals surface area contributed by atoms with E-state index in [1.54, 1.807) is 7.11 Å². The molecule has 2 nitrogen and oxygen atoms in total. The third-order valence-electron chi connectivity index (χ3n) is 1.76. The number of rotatable bonds is 4. The first-order chi connectivity index (χ1) is 6.25. The fourth-order valence-corrected chi connectivity index (χ4v) is 1.33. The van der Waals surface area contributed by atoms with Gasteiger partial charge in [0.25, 0.3) is 0 Å². The molecule has 0 saturated heterocycles. The van der Waals surface area contributed by atoms with Crippen LogP contribution in [0.1, 0.15) is 5.56 Å². The molecule has 0 aliphatic carbocycles. The molecule has 0 radical (unpaired) electrons. The van der Waals surface area contributed by atoms with Crippen LogP contribution in [0.4, 0.5) is 0 Å². The van der Waals surface area contributed by atoms with Gasteiger partial charge in [0.15, 0.2) is 0 Å². The molecule has 0 atom stereocenters. The fourth-order valence-electron chi connectivity index (χ4n) is 0.979. The number of hydrogen-bond acceptors (Lipinski definition) is 2. The first kappa shape index (κ1) is 10.5. The normalized spacial score (nSPS) is 10.1. The lowest BCUT2D eigenvalue weighted by molar-refractivity contribution is 0.146. The van der Waals surface area contributed by atoms with Crippen LogP contribution in [0.3, 0.4) is 0 Å². The summed E-state index contributed by atoms with van der Waals surface area (Å²) in [5.41, 5.74) is 1.12. The molecular weight excluding hydrogens is 232 g/mol. The SMILES string of the molecule is COCCOc1cccc(Br)c1C. The minimum absolute atomic E-state index is 0.591. The first-order valence-corrected chi connectivity index (χ1v) is 4.92. The predicted molar refractivity (Wildman–Crippen MR) is 56.3 cm³/mol. The summed E-state index contributed by atoms with van der Waals surface area (Å²) >= 11 is 3.44. The number of methoxy groups -OCH3 is 1. The summed E-state index contributed by atoms with van der Waals surface area (Å²) in [6, 6.07) is 5.91.